The van der Waals surface area contributed by atoms with Gasteiger partial charge in [0.1, 0.15) is 5.75 Å². The van der Waals surface area contributed by atoms with Gasteiger partial charge in [0, 0.05) is 6.04 Å². The van der Waals surface area contributed by atoms with Gasteiger partial charge in [-0.05, 0) is 42.9 Å². The quantitative estimate of drug-likeness (QED) is 0.794. The van der Waals surface area contributed by atoms with Gasteiger partial charge >= 0.3 is 0 Å². The van der Waals surface area contributed by atoms with Crippen LogP contribution in [0.25, 0.3) is 0 Å². The molecule has 0 heterocycles. The molecule has 2 N–H and O–H groups in total. The smallest absolute Gasteiger partial charge is 0.118 e. The third kappa shape index (κ3) is 1.75. The first-order chi connectivity index (χ1) is 6.72. The summed E-state index contributed by atoms with van der Waals surface area (Å²) in [6.45, 7) is 2.09. The molecule has 0 amide bonds. The zero-order valence-corrected chi connectivity index (χ0v) is 8.73. The first kappa shape index (κ1) is 9.53. The van der Waals surface area contributed by atoms with E-state index in [1.165, 1.54) is 12.0 Å². The van der Waals surface area contributed by atoms with Crippen molar-refractivity contribution in [3.05, 3.63) is 29.8 Å². The molecule has 2 nitrogen and oxygen atoms in total. The fourth-order valence-corrected chi connectivity index (χ4v) is 2.03. The zero-order valence-electron chi connectivity index (χ0n) is 8.73. The maximum atomic E-state index is 5.86. The molecule has 1 aromatic carbocycles. The molecule has 0 aromatic heterocycles. The van der Waals surface area contributed by atoms with E-state index in [1.54, 1.807) is 7.11 Å². The molecule has 1 aromatic rings. The van der Waals surface area contributed by atoms with Crippen molar-refractivity contribution in [2.24, 2.45) is 11.7 Å². The Bertz CT molecular complexity index is 305. The number of benzene rings is 1. The zero-order chi connectivity index (χ0) is 10.1. The summed E-state index contributed by atoms with van der Waals surface area (Å²) < 4.78 is 5.12. The van der Waals surface area contributed by atoms with Gasteiger partial charge < -0.3 is 10.5 Å². The summed E-state index contributed by atoms with van der Waals surface area (Å²) in [5.41, 5.74) is 7.25. The molecular weight excluding hydrogens is 174 g/mol. The first-order valence-electron chi connectivity index (χ1n) is 5.12. The van der Waals surface area contributed by atoms with Crippen LogP contribution in [0.3, 0.4) is 0 Å². The Balaban J connectivity index is 2.05. The van der Waals surface area contributed by atoms with E-state index in [4.69, 9.17) is 10.5 Å². The predicted molar refractivity (Wildman–Crippen MR) is 57.5 cm³/mol. The normalized spacial score (nSPS) is 27.1. The molecule has 0 unspecified atom stereocenters. The Morgan fingerprint density at radius 1 is 1.36 bits per heavy atom. The monoisotopic (exact) mass is 191 g/mol. The van der Waals surface area contributed by atoms with Crippen LogP contribution < -0.4 is 10.5 Å². The molecule has 0 bridgehead atoms. The van der Waals surface area contributed by atoms with Gasteiger partial charge in [-0.15, -0.1) is 0 Å². The van der Waals surface area contributed by atoms with Crippen molar-refractivity contribution in [3.8, 4) is 5.75 Å². The number of rotatable bonds is 3. The summed E-state index contributed by atoms with van der Waals surface area (Å²) >= 11 is 0. The highest BCUT2D eigenvalue weighted by Crippen LogP contribution is 2.49. The fraction of sp³-hybridized carbons (Fsp3) is 0.500. The fourth-order valence-electron chi connectivity index (χ4n) is 2.03. The molecule has 76 valence electrons. The lowest BCUT2D eigenvalue weighted by Gasteiger charge is -2.05. The third-order valence-electron chi connectivity index (χ3n) is 3.06. The van der Waals surface area contributed by atoms with Crippen molar-refractivity contribution >= 4 is 0 Å². The van der Waals surface area contributed by atoms with Crippen LogP contribution in [-0.4, -0.2) is 13.2 Å². The van der Waals surface area contributed by atoms with Crippen molar-refractivity contribution in [3.63, 3.8) is 0 Å². The second kappa shape index (κ2) is 3.62. The molecule has 1 saturated carbocycles. The second-order valence-corrected chi connectivity index (χ2v) is 4.14. The maximum absolute atomic E-state index is 5.86. The highest BCUT2D eigenvalue weighted by molar-refractivity contribution is 5.32. The summed E-state index contributed by atoms with van der Waals surface area (Å²) in [6, 6.07) is 8.65. The first-order valence-corrected chi connectivity index (χ1v) is 5.12. The van der Waals surface area contributed by atoms with E-state index >= 15 is 0 Å². The summed E-state index contributed by atoms with van der Waals surface area (Å²) in [6.07, 6.45) is 1.24. The Morgan fingerprint density at radius 2 is 2.00 bits per heavy atom. The lowest BCUT2D eigenvalue weighted by Crippen LogP contribution is -2.17. The number of hydrogen-bond acceptors (Lipinski definition) is 2. The molecule has 3 atom stereocenters. The van der Waals surface area contributed by atoms with Gasteiger partial charge in [-0.3, -0.25) is 0 Å². The van der Waals surface area contributed by atoms with Crippen molar-refractivity contribution in [2.75, 3.05) is 7.11 Å². The number of nitrogens with two attached hydrogens (primary N) is 1. The van der Waals surface area contributed by atoms with Crippen LogP contribution in [0.2, 0.25) is 0 Å². The van der Waals surface area contributed by atoms with Crippen LogP contribution in [-0.2, 0) is 0 Å². The summed E-state index contributed by atoms with van der Waals surface area (Å²) in [5.74, 6) is 2.29. The third-order valence-corrected chi connectivity index (χ3v) is 3.06. The van der Waals surface area contributed by atoms with E-state index < -0.39 is 0 Å². The molecule has 14 heavy (non-hydrogen) atoms. The lowest BCUT2D eigenvalue weighted by molar-refractivity contribution is 0.414. The molecule has 2 rings (SSSR count). The maximum Gasteiger partial charge on any atom is 0.118 e. The molecule has 1 aliphatic rings. The molecule has 0 saturated heterocycles. The van der Waals surface area contributed by atoms with Gasteiger partial charge in [0.2, 0.25) is 0 Å². The molecule has 0 spiro atoms. The van der Waals surface area contributed by atoms with Gasteiger partial charge in [-0.2, -0.15) is 0 Å². The Kier molecular flexibility index (Phi) is 2.46. The Labute approximate surface area is 85.1 Å². The summed E-state index contributed by atoms with van der Waals surface area (Å²) in [5, 5.41) is 0. The van der Waals surface area contributed by atoms with E-state index in [0.717, 1.165) is 5.75 Å². The van der Waals surface area contributed by atoms with Gasteiger partial charge in [0.25, 0.3) is 0 Å². The molecule has 0 aliphatic heterocycles. The van der Waals surface area contributed by atoms with Crippen LogP contribution in [0.5, 0.6) is 5.75 Å². The van der Waals surface area contributed by atoms with E-state index in [1.807, 2.05) is 12.1 Å². The highest BCUT2D eigenvalue weighted by atomic mass is 16.5. The standard InChI is InChI=1S/C12H17NO/c1-8(13)11-7-12(11)9-3-5-10(14-2)6-4-9/h3-6,8,11-12H,7,13H2,1-2H3/t8-,11+,12-/m0/s1. The molecule has 1 fully saturated rings. The van der Waals surface area contributed by atoms with Crippen molar-refractivity contribution in [1.82, 2.24) is 0 Å². The number of methoxy groups -OCH3 is 1. The van der Waals surface area contributed by atoms with Crippen LogP contribution in [0, 0.1) is 5.92 Å². The van der Waals surface area contributed by atoms with Gasteiger partial charge in [-0.1, -0.05) is 12.1 Å². The van der Waals surface area contributed by atoms with Gasteiger partial charge in [0.15, 0.2) is 0 Å². The summed E-state index contributed by atoms with van der Waals surface area (Å²) in [7, 11) is 1.69. The van der Waals surface area contributed by atoms with E-state index in [-0.39, 0.29) is 0 Å². The minimum Gasteiger partial charge on any atom is -0.497 e. The SMILES string of the molecule is COc1ccc([C@@H]2C[C@@H]2[C@H](C)N)cc1. The topological polar surface area (TPSA) is 35.2 Å². The van der Waals surface area contributed by atoms with Crippen LogP contribution in [0.1, 0.15) is 24.8 Å². The highest BCUT2D eigenvalue weighted by Gasteiger charge is 2.40. The van der Waals surface area contributed by atoms with E-state index in [0.29, 0.717) is 17.9 Å². The van der Waals surface area contributed by atoms with Crippen molar-refractivity contribution in [1.29, 1.82) is 0 Å². The lowest BCUT2D eigenvalue weighted by atomic mass is 10.1. The van der Waals surface area contributed by atoms with E-state index in [9.17, 15) is 0 Å². The van der Waals surface area contributed by atoms with Crippen LogP contribution in [0.4, 0.5) is 0 Å². The number of hydrogen-bond donors (Lipinski definition) is 1. The summed E-state index contributed by atoms with van der Waals surface area (Å²) in [4.78, 5) is 0. The minimum absolute atomic E-state index is 0.321. The molecule has 1 aliphatic carbocycles. The van der Waals surface area contributed by atoms with Crippen LogP contribution in [0.15, 0.2) is 24.3 Å². The molecule has 2 heteroatoms. The Morgan fingerprint density at radius 3 is 2.43 bits per heavy atom. The largest absolute Gasteiger partial charge is 0.497 e. The molecular formula is C12H17NO. The average Bonchev–Trinajstić information content (AvgIpc) is 2.97. The minimum atomic E-state index is 0.321. The Hall–Kier alpha value is -1.02. The van der Waals surface area contributed by atoms with Crippen molar-refractivity contribution < 1.29 is 4.74 Å². The van der Waals surface area contributed by atoms with Crippen molar-refractivity contribution in [2.45, 2.75) is 25.3 Å². The average molecular weight is 191 g/mol. The van der Waals surface area contributed by atoms with Gasteiger partial charge in [0.05, 0.1) is 7.11 Å². The van der Waals surface area contributed by atoms with Gasteiger partial charge in [-0.25, -0.2) is 0 Å². The molecule has 0 radical (unpaired) electrons. The second-order valence-electron chi connectivity index (χ2n) is 4.14. The number of ether oxygens (including phenoxy) is 1. The van der Waals surface area contributed by atoms with Crippen LogP contribution >= 0.6 is 0 Å². The predicted octanol–water partition coefficient (Wildman–Crippen LogP) is 2.15. The van der Waals surface area contributed by atoms with E-state index in [2.05, 4.69) is 19.1 Å².